The Kier molecular flexibility index (Phi) is 5.07. The molecule has 0 radical (unpaired) electrons. The van der Waals surface area contributed by atoms with Crippen molar-refractivity contribution >= 4 is 22.8 Å². The van der Waals surface area contributed by atoms with Gasteiger partial charge in [-0.3, -0.25) is 14.6 Å². The van der Waals surface area contributed by atoms with Crippen molar-refractivity contribution < 1.29 is 14.7 Å². The van der Waals surface area contributed by atoms with Crippen LogP contribution in [0.4, 0.5) is 0 Å². The Morgan fingerprint density at radius 1 is 1.10 bits per heavy atom. The number of benzene rings is 2. The lowest BCUT2D eigenvalue weighted by Gasteiger charge is -2.09. The van der Waals surface area contributed by atoms with Gasteiger partial charge in [-0.05, 0) is 36.2 Å². The molecule has 8 nitrogen and oxygen atoms in total. The van der Waals surface area contributed by atoms with Crippen molar-refractivity contribution in [3.63, 3.8) is 0 Å². The van der Waals surface area contributed by atoms with Crippen LogP contribution in [-0.2, 0) is 19.5 Å². The first-order chi connectivity index (χ1) is 14.1. The number of aromatic amines is 1. The van der Waals surface area contributed by atoms with Crippen LogP contribution in [0.1, 0.15) is 32.1 Å². The molecule has 0 bridgehead atoms. The molecular formula is C21H19N5O3. The summed E-state index contributed by atoms with van der Waals surface area (Å²) in [5.41, 5.74) is 2.95. The molecule has 8 heteroatoms. The molecule has 146 valence electrons. The maximum Gasteiger partial charge on any atom is 0.357 e. The van der Waals surface area contributed by atoms with E-state index in [-0.39, 0.29) is 11.6 Å². The third kappa shape index (κ3) is 4.01. The fourth-order valence-corrected chi connectivity index (χ4v) is 3.18. The molecule has 2 heterocycles. The number of aromatic carboxylic acids is 1. The number of nitrogens with one attached hydrogen (secondary N) is 2. The Balaban J connectivity index is 1.42. The van der Waals surface area contributed by atoms with Crippen molar-refractivity contribution in [1.82, 2.24) is 25.3 Å². The lowest BCUT2D eigenvalue weighted by molar-refractivity contribution is 0.0692. The summed E-state index contributed by atoms with van der Waals surface area (Å²) in [6.07, 6.45) is 2.56. The van der Waals surface area contributed by atoms with Gasteiger partial charge in [0.2, 0.25) is 0 Å². The Morgan fingerprint density at radius 3 is 2.72 bits per heavy atom. The maximum absolute atomic E-state index is 12.6. The van der Waals surface area contributed by atoms with Crippen LogP contribution in [0.5, 0.6) is 0 Å². The van der Waals surface area contributed by atoms with Gasteiger partial charge in [0, 0.05) is 23.7 Å². The highest BCUT2D eigenvalue weighted by molar-refractivity contribution is 6.04. The van der Waals surface area contributed by atoms with Gasteiger partial charge in [-0.15, -0.1) is 0 Å². The molecule has 0 spiro atoms. The van der Waals surface area contributed by atoms with Gasteiger partial charge in [-0.2, -0.15) is 10.2 Å². The smallest absolute Gasteiger partial charge is 0.357 e. The fourth-order valence-electron chi connectivity index (χ4n) is 3.18. The average molecular weight is 389 g/mol. The molecule has 0 aliphatic carbocycles. The van der Waals surface area contributed by atoms with Crippen LogP contribution >= 0.6 is 0 Å². The van der Waals surface area contributed by atoms with E-state index >= 15 is 0 Å². The van der Waals surface area contributed by atoms with E-state index in [1.807, 2.05) is 28.9 Å². The van der Waals surface area contributed by atoms with Gasteiger partial charge >= 0.3 is 5.97 Å². The summed E-state index contributed by atoms with van der Waals surface area (Å²) in [4.78, 5) is 23.8. The van der Waals surface area contributed by atoms with Gasteiger partial charge < -0.3 is 10.4 Å². The number of fused-ring (bicyclic) bond motifs is 1. The number of amides is 1. The molecule has 4 aromatic rings. The molecule has 29 heavy (non-hydrogen) atoms. The van der Waals surface area contributed by atoms with Crippen LogP contribution in [-0.4, -0.2) is 37.0 Å². The zero-order chi connectivity index (χ0) is 20.2. The second kappa shape index (κ2) is 7.97. The predicted octanol–water partition coefficient (Wildman–Crippen LogP) is 2.63. The average Bonchev–Trinajstić information content (AvgIpc) is 3.37. The summed E-state index contributed by atoms with van der Waals surface area (Å²) in [5, 5.41) is 23.2. The number of carbonyl (C=O) groups is 2. The standard InChI is InChI=1S/C21H19N5O3/c27-20(15-6-7-18-17(12-15)19(21(28)29)25-24-18)22-13-16-8-10-23-26(16)11-9-14-4-2-1-3-5-14/h1-8,10,12H,9,11,13H2,(H,22,27)(H,24,25)(H,28,29). The van der Waals surface area contributed by atoms with Crippen LogP contribution in [0, 0.1) is 0 Å². The molecule has 3 N–H and O–H groups in total. The van der Waals surface area contributed by atoms with Gasteiger partial charge in [0.15, 0.2) is 5.69 Å². The Hall–Kier alpha value is -3.94. The van der Waals surface area contributed by atoms with Gasteiger partial charge in [-0.25, -0.2) is 4.79 Å². The number of H-pyrrole nitrogens is 1. The third-order valence-electron chi connectivity index (χ3n) is 4.72. The Labute approximate surface area is 166 Å². The molecular weight excluding hydrogens is 370 g/mol. The highest BCUT2D eigenvalue weighted by Crippen LogP contribution is 2.18. The van der Waals surface area contributed by atoms with E-state index < -0.39 is 5.97 Å². The lowest BCUT2D eigenvalue weighted by atomic mass is 10.1. The molecule has 0 aliphatic rings. The minimum atomic E-state index is -1.14. The molecule has 4 rings (SSSR count). The van der Waals surface area contributed by atoms with Crippen LogP contribution < -0.4 is 5.32 Å². The minimum Gasteiger partial charge on any atom is -0.476 e. The zero-order valence-corrected chi connectivity index (χ0v) is 15.5. The predicted molar refractivity (Wildman–Crippen MR) is 107 cm³/mol. The SMILES string of the molecule is O=C(NCc1ccnn1CCc1ccccc1)c1ccc2[nH]nc(C(=O)O)c2c1. The second-order valence-electron chi connectivity index (χ2n) is 6.60. The number of aromatic nitrogens is 4. The summed E-state index contributed by atoms with van der Waals surface area (Å²) in [6.45, 7) is 1.04. The van der Waals surface area contributed by atoms with Crippen molar-refractivity contribution in [2.24, 2.45) is 0 Å². The largest absolute Gasteiger partial charge is 0.476 e. The first kappa shape index (κ1) is 18.4. The number of hydrogen-bond donors (Lipinski definition) is 3. The normalized spacial score (nSPS) is 10.9. The minimum absolute atomic E-state index is 0.103. The van der Waals surface area contributed by atoms with E-state index in [9.17, 15) is 14.7 Å². The summed E-state index contributed by atoms with van der Waals surface area (Å²) >= 11 is 0. The van der Waals surface area contributed by atoms with Crippen molar-refractivity contribution in [1.29, 1.82) is 0 Å². The number of carbonyl (C=O) groups excluding carboxylic acids is 1. The Morgan fingerprint density at radius 2 is 1.93 bits per heavy atom. The highest BCUT2D eigenvalue weighted by Gasteiger charge is 2.15. The van der Waals surface area contributed by atoms with E-state index in [0.29, 0.717) is 29.6 Å². The molecule has 0 saturated heterocycles. The monoisotopic (exact) mass is 389 g/mol. The first-order valence-electron chi connectivity index (χ1n) is 9.16. The fraction of sp³-hybridized carbons (Fsp3) is 0.143. The second-order valence-corrected chi connectivity index (χ2v) is 6.60. The van der Waals surface area contributed by atoms with Crippen LogP contribution in [0.15, 0.2) is 60.8 Å². The first-order valence-corrected chi connectivity index (χ1v) is 9.16. The number of hydrogen-bond acceptors (Lipinski definition) is 4. The van der Waals surface area contributed by atoms with Crippen molar-refractivity contribution in [3.8, 4) is 0 Å². The summed E-state index contributed by atoms with van der Waals surface area (Å²) in [7, 11) is 0. The summed E-state index contributed by atoms with van der Waals surface area (Å²) in [6, 6.07) is 16.8. The number of carboxylic acid groups (broad SMARTS) is 1. The van der Waals surface area contributed by atoms with Gasteiger partial charge in [0.05, 0.1) is 17.8 Å². The van der Waals surface area contributed by atoms with E-state index in [1.165, 1.54) is 11.6 Å². The molecule has 0 aliphatic heterocycles. The molecule has 0 atom stereocenters. The summed E-state index contributed by atoms with van der Waals surface area (Å²) < 4.78 is 1.87. The van der Waals surface area contributed by atoms with Gasteiger partial charge in [0.1, 0.15) is 0 Å². The summed E-state index contributed by atoms with van der Waals surface area (Å²) in [5.74, 6) is -1.43. The third-order valence-corrected chi connectivity index (χ3v) is 4.72. The molecule has 0 unspecified atom stereocenters. The van der Waals surface area contributed by atoms with Crippen molar-refractivity contribution in [2.45, 2.75) is 19.5 Å². The zero-order valence-electron chi connectivity index (χ0n) is 15.5. The van der Waals surface area contributed by atoms with E-state index in [1.54, 1.807) is 18.3 Å². The number of nitrogens with zero attached hydrogens (tertiary/aromatic N) is 3. The van der Waals surface area contributed by atoms with E-state index in [0.717, 1.165) is 12.1 Å². The van der Waals surface area contributed by atoms with Crippen LogP contribution in [0.25, 0.3) is 10.9 Å². The van der Waals surface area contributed by atoms with Crippen LogP contribution in [0.3, 0.4) is 0 Å². The molecule has 0 fully saturated rings. The molecule has 0 saturated carbocycles. The quantitative estimate of drug-likeness (QED) is 0.450. The number of aryl methyl sites for hydroxylation is 2. The maximum atomic E-state index is 12.6. The topological polar surface area (TPSA) is 113 Å². The molecule has 2 aromatic heterocycles. The molecule has 1 amide bonds. The van der Waals surface area contributed by atoms with Crippen LogP contribution in [0.2, 0.25) is 0 Å². The van der Waals surface area contributed by atoms with E-state index in [4.69, 9.17) is 0 Å². The highest BCUT2D eigenvalue weighted by atomic mass is 16.4. The van der Waals surface area contributed by atoms with Crippen molar-refractivity contribution in [3.05, 3.63) is 83.3 Å². The van der Waals surface area contributed by atoms with Gasteiger partial charge in [-0.1, -0.05) is 30.3 Å². The number of carboxylic acids is 1. The van der Waals surface area contributed by atoms with Gasteiger partial charge in [0.25, 0.3) is 5.91 Å². The Bertz CT molecular complexity index is 1160. The number of rotatable bonds is 7. The van der Waals surface area contributed by atoms with E-state index in [2.05, 4.69) is 32.7 Å². The lowest BCUT2D eigenvalue weighted by Crippen LogP contribution is -2.24. The molecule has 2 aromatic carbocycles. The van der Waals surface area contributed by atoms with Crippen molar-refractivity contribution in [2.75, 3.05) is 0 Å².